The number of amides is 2. The predicted octanol–water partition coefficient (Wildman–Crippen LogP) is 0.918. The SMILES string of the molecule is CC1SCC(C(=O)O)N1C(=O)Nc1cnns1. The molecule has 0 bridgehead atoms. The molecule has 2 amide bonds. The number of nitrogens with zero attached hydrogens (tertiary/aromatic N) is 3. The number of nitrogens with one attached hydrogen (secondary N) is 1. The van der Waals surface area contributed by atoms with Gasteiger partial charge in [-0.25, -0.2) is 9.59 Å². The third-order valence-corrected chi connectivity index (χ3v) is 4.13. The van der Waals surface area contributed by atoms with Gasteiger partial charge >= 0.3 is 12.0 Å². The molecule has 7 nitrogen and oxygen atoms in total. The zero-order valence-electron chi connectivity index (χ0n) is 8.86. The van der Waals surface area contributed by atoms with E-state index in [2.05, 4.69) is 14.9 Å². The number of aromatic nitrogens is 2. The number of hydrogen-bond acceptors (Lipinski definition) is 6. The number of carboxylic acid groups (broad SMARTS) is 1. The van der Waals surface area contributed by atoms with Crippen molar-refractivity contribution in [2.45, 2.75) is 18.3 Å². The maximum absolute atomic E-state index is 11.9. The summed E-state index contributed by atoms with van der Waals surface area (Å²) in [6.45, 7) is 1.80. The van der Waals surface area contributed by atoms with E-state index in [1.807, 2.05) is 0 Å². The van der Waals surface area contributed by atoms with E-state index in [9.17, 15) is 9.59 Å². The Labute approximate surface area is 105 Å². The molecule has 2 unspecified atom stereocenters. The summed E-state index contributed by atoms with van der Waals surface area (Å²) in [4.78, 5) is 24.3. The highest BCUT2D eigenvalue weighted by Crippen LogP contribution is 2.29. The smallest absolute Gasteiger partial charge is 0.327 e. The molecule has 92 valence electrons. The first kappa shape index (κ1) is 12.1. The van der Waals surface area contributed by atoms with Crippen LogP contribution in [0.5, 0.6) is 0 Å². The molecular weight excluding hydrogens is 264 g/mol. The Morgan fingerprint density at radius 2 is 2.41 bits per heavy atom. The van der Waals surface area contributed by atoms with Crippen LogP contribution in [-0.4, -0.2) is 48.8 Å². The summed E-state index contributed by atoms with van der Waals surface area (Å²) in [5, 5.41) is 15.5. The van der Waals surface area contributed by atoms with Crippen molar-refractivity contribution >= 4 is 40.3 Å². The number of hydrogen-bond donors (Lipinski definition) is 2. The van der Waals surface area contributed by atoms with Crippen LogP contribution in [0.1, 0.15) is 6.92 Å². The molecule has 2 N–H and O–H groups in total. The molecule has 1 aromatic rings. The minimum Gasteiger partial charge on any atom is -0.480 e. The van der Waals surface area contributed by atoms with Crippen LogP contribution in [0.15, 0.2) is 6.20 Å². The number of urea groups is 1. The maximum Gasteiger partial charge on any atom is 0.327 e. The average molecular weight is 274 g/mol. The average Bonchev–Trinajstić information content (AvgIpc) is 2.86. The Bertz CT molecular complexity index is 424. The molecule has 0 radical (unpaired) electrons. The number of carbonyl (C=O) groups excluding carboxylic acids is 1. The van der Waals surface area contributed by atoms with E-state index in [4.69, 9.17) is 5.11 Å². The quantitative estimate of drug-likeness (QED) is 0.832. The summed E-state index contributed by atoms with van der Waals surface area (Å²) in [7, 11) is 0. The Hall–Kier alpha value is -1.35. The van der Waals surface area contributed by atoms with Crippen molar-refractivity contribution < 1.29 is 14.7 Å². The summed E-state index contributed by atoms with van der Waals surface area (Å²) in [5.74, 6) is -0.579. The summed E-state index contributed by atoms with van der Waals surface area (Å²) in [5.41, 5.74) is 0. The van der Waals surface area contributed by atoms with Gasteiger partial charge in [-0.15, -0.1) is 16.9 Å². The molecule has 2 rings (SSSR count). The van der Waals surface area contributed by atoms with Crippen molar-refractivity contribution in [2.75, 3.05) is 11.1 Å². The zero-order chi connectivity index (χ0) is 12.4. The summed E-state index contributed by atoms with van der Waals surface area (Å²) < 4.78 is 3.61. The number of aliphatic carboxylic acids is 1. The largest absolute Gasteiger partial charge is 0.480 e. The number of carbonyl (C=O) groups is 2. The van der Waals surface area contributed by atoms with Crippen LogP contribution in [0.2, 0.25) is 0 Å². The van der Waals surface area contributed by atoms with Gasteiger partial charge in [-0.05, 0) is 6.92 Å². The minimum atomic E-state index is -0.987. The van der Waals surface area contributed by atoms with E-state index in [0.717, 1.165) is 11.5 Å². The van der Waals surface area contributed by atoms with Gasteiger partial charge in [-0.3, -0.25) is 10.2 Å². The molecule has 1 fully saturated rings. The van der Waals surface area contributed by atoms with E-state index in [1.54, 1.807) is 6.92 Å². The standard InChI is InChI=1S/C8H10N4O3S2/c1-4-12(5(3-16-4)7(13)14)8(15)10-6-2-9-11-17-6/h2,4-5H,3H2,1H3,(H,10,15)(H,13,14). The van der Waals surface area contributed by atoms with E-state index >= 15 is 0 Å². The second-order valence-corrected chi connectivity index (χ2v) is 5.54. The van der Waals surface area contributed by atoms with Crippen LogP contribution < -0.4 is 5.32 Å². The molecule has 1 aliphatic heterocycles. The Kier molecular flexibility index (Phi) is 3.48. The second kappa shape index (κ2) is 4.88. The van der Waals surface area contributed by atoms with Crippen LogP contribution in [-0.2, 0) is 4.79 Å². The predicted molar refractivity (Wildman–Crippen MR) is 64.1 cm³/mol. The number of thioether (sulfide) groups is 1. The van der Waals surface area contributed by atoms with Crippen molar-refractivity contribution in [1.82, 2.24) is 14.5 Å². The Morgan fingerprint density at radius 1 is 1.65 bits per heavy atom. The van der Waals surface area contributed by atoms with E-state index in [0.29, 0.717) is 10.8 Å². The van der Waals surface area contributed by atoms with Crippen molar-refractivity contribution in [2.24, 2.45) is 0 Å². The third-order valence-electron chi connectivity index (χ3n) is 2.33. The number of anilines is 1. The summed E-state index contributed by atoms with van der Waals surface area (Å²) in [6, 6.07) is -1.21. The van der Waals surface area contributed by atoms with Gasteiger partial charge in [0.25, 0.3) is 0 Å². The lowest BCUT2D eigenvalue weighted by atomic mass is 10.3. The lowest BCUT2D eigenvalue weighted by Crippen LogP contribution is -2.46. The van der Waals surface area contributed by atoms with E-state index in [-0.39, 0.29) is 5.37 Å². The molecule has 0 aromatic carbocycles. The van der Waals surface area contributed by atoms with Crippen LogP contribution in [0.4, 0.5) is 9.80 Å². The molecule has 2 atom stereocenters. The monoisotopic (exact) mass is 274 g/mol. The lowest BCUT2D eigenvalue weighted by molar-refractivity contribution is -0.141. The van der Waals surface area contributed by atoms with Gasteiger partial charge in [0, 0.05) is 17.3 Å². The van der Waals surface area contributed by atoms with E-state index < -0.39 is 18.0 Å². The molecule has 0 aliphatic carbocycles. The molecule has 0 spiro atoms. The third kappa shape index (κ3) is 2.50. The molecule has 2 heterocycles. The number of rotatable bonds is 2. The van der Waals surface area contributed by atoms with Crippen LogP contribution >= 0.6 is 23.3 Å². The van der Waals surface area contributed by atoms with E-state index in [1.165, 1.54) is 22.9 Å². The van der Waals surface area contributed by atoms with Crippen molar-refractivity contribution in [3.63, 3.8) is 0 Å². The molecule has 1 aliphatic rings. The number of carboxylic acids is 1. The van der Waals surface area contributed by atoms with Crippen LogP contribution in [0.3, 0.4) is 0 Å². The van der Waals surface area contributed by atoms with Gasteiger partial charge in [-0.2, -0.15) is 0 Å². The first-order valence-electron chi connectivity index (χ1n) is 4.80. The van der Waals surface area contributed by atoms with Crippen LogP contribution in [0.25, 0.3) is 0 Å². The van der Waals surface area contributed by atoms with Gasteiger partial charge in [0.15, 0.2) is 0 Å². The molecule has 0 saturated carbocycles. The topological polar surface area (TPSA) is 95.4 Å². The second-order valence-electron chi connectivity index (χ2n) is 3.41. The molecule has 1 aromatic heterocycles. The van der Waals surface area contributed by atoms with Gasteiger partial charge in [0.1, 0.15) is 11.0 Å². The normalized spacial score (nSPS) is 23.7. The Morgan fingerprint density at radius 3 is 3.00 bits per heavy atom. The molecule has 17 heavy (non-hydrogen) atoms. The van der Waals surface area contributed by atoms with Crippen LogP contribution in [0, 0.1) is 0 Å². The van der Waals surface area contributed by atoms with Gasteiger partial charge in [0.2, 0.25) is 0 Å². The molecule has 9 heteroatoms. The maximum atomic E-state index is 11.9. The van der Waals surface area contributed by atoms with Gasteiger partial charge in [0.05, 0.1) is 11.6 Å². The van der Waals surface area contributed by atoms with Crippen molar-refractivity contribution in [3.05, 3.63) is 6.20 Å². The summed E-state index contributed by atoms with van der Waals surface area (Å²) in [6.07, 6.45) is 1.42. The first-order chi connectivity index (χ1) is 8.09. The molecule has 1 saturated heterocycles. The van der Waals surface area contributed by atoms with Gasteiger partial charge in [-0.1, -0.05) is 4.49 Å². The molecular formula is C8H10N4O3S2. The first-order valence-corrected chi connectivity index (χ1v) is 6.63. The fourth-order valence-corrected chi connectivity index (χ4v) is 3.11. The van der Waals surface area contributed by atoms with Crippen molar-refractivity contribution in [3.8, 4) is 0 Å². The zero-order valence-corrected chi connectivity index (χ0v) is 10.5. The highest BCUT2D eigenvalue weighted by molar-refractivity contribution is 8.00. The fraction of sp³-hybridized carbons (Fsp3) is 0.500. The highest BCUT2D eigenvalue weighted by atomic mass is 32.2. The summed E-state index contributed by atoms with van der Waals surface area (Å²) >= 11 is 2.49. The van der Waals surface area contributed by atoms with Crippen molar-refractivity contribution in [1.29, 1.82) is 0 Å². The fourth-order valence-electron chi connectivity index (χ4n) is 1.53. The lowest BCUT2D eigenvalue weighted by Gasteiger charge is -2.24. The highest BCUT2D eigenvalue weighted by Gasteiger charge is 2.39. The minimum absolute atomic E-state index is 0.156. The Balaban J connectivity index is 2.09. The van der Waals surface area contributed by atoms with Gasteiger partial charge < -0.3 is 5.11 Å².